The zero-order valence-corrected chi connectivity index (χ0v) is 31.7. The Hall–Kier alpha value is -4.53. The second kappa shape index (κ2) is 12.7. The van der Waals surface area contributed by atoms with Crippen LogP contribution in [0.25, 0.3) is 61.3 Å². The van der Waals surface area contributed by atoms with Crippen molar-refractivity contribution in [2.75, 3.05) is 0 Å². The van der Waals surface area contributed by atoms with Gasteiger partial charge >= 0.3 is 0 Å². The topological polar surface area (TPSA) is 50.9 Å². The molecule has 0 saturated carbocycles. The molecule has 7 rings (SSSR count). The number of fused-ring (bicyclic) bond motifs is 2. The van der Waals surface area contributed by atoms with Gasteiger partial charge in [0.2, 0.25) is 0 Å². The molecule has 4 nitrogen and oxygen atoms in total. The Morgan fingerprint density at radius 3 is 2.02 bits per heavy atom. The summed E-state index contributed by atoms with van der Waals surface area (Å²) in [5, 5.41) is 12.3. The van der Waals surface area contributed by atoms with Gasteiger partial charge in [-0.15, -0.1) is 35.4 Å². The van der Waals surface area contributed by atoms with Gasteiger partial charge < -0.3 is 5.11 Å². The van der Waals surface area contributed by atoms with Gasteiger partial charge in [-0.05, 0) is 83.2 Å². The van der Waals surface area contributed by atoms with Crippen molar-refractivity contribution in [3.05, 3.63) is 132 Å². The third-order valence-corrected chi connectivity index (χ3v) is 9.37. The average molecular weight is 824 g/mol. The molecule has 0 radical (unpaired) electrons. The number of aromatic hydroxyl groups is 1. The number of aryl methyl sites for hydroxylation is 2. The molecular weight excluding hydrogens is 782 g/mol. The molecule has 2 aromatic heterocycles. The number of aromatic nitrogens is 3. The molecule has 5 aromatic carbocycles. The number of benzene rings is 5. The summed E-state index contributed by atoms with van der Waals surface area (Å²) in [6.45, 7) is 17.6. The SMILES string of the molecule is Cc1ccc(O)c(-c2nc3c(-c4[c-]c(-c5cc(C(C)(C)C)cc6c(C)ccnc56)ccc4)cccc3n2-c2ccc(C(C)(C)C)cc2)c1.[Pt]. The van der Waals surface area contributed by atoms with E-state index in [1.54, 1.807) is 6.07 Å². The van der Waals surface area contributed by atoms with Gasteiger partial charge in [0.25, 0.3) is 0 Å². The van der Waals surface area contributed by atoms with E-state index in [2.05, 4.69) is 138 Å². The Morgan fingerprint density at radius 1 is 0.653 bits per heavy atom. The van der Waals surface area contributed by atoms with Gasteiger partial charge in [0.15, 0.2) is 0 Å². The minimum absolute atomic E-state index is 0. The fourth-order valence-electron chi connectivity index (χ4n) is 6.51. The van der Waals surface area contributed by atoms with E-state index in [4.69, 9.17) is 9.97 Å². The van der Waals surface area contributed by atoms with Crippen molar-refractivity contribution < 1.29 is 26.2 Å². The normalized spacial score (nSPS) is 12.0. The first-order valence-corrected chi connectivity index (χ1v) is 16.6. The Kier molecular flexibility index (Phi) is 8.92. The molecule has 0 aliphatic carbocycles. The summed E-state index contributed by atoms with van der Waals surface area (Å²) in [5.74, 6) is 0.897. The maximum Gasteiger partial charge on any atom is 0.148 e. The molecule has 0 aliphatic rings. The van der Waals surface area contributed by atoms with Gasteiger partial charge in [-0.2, -0.15) is 0 Å². The number of pyridine rings is 1. The molecule has 0 aliphatic heterocycles. The fraction of sp³-hybridized carbons (Fsp3) is 0.227. The van der Waals surface area contributed by atoms with Crippen LogP contribution in [-0.4, -0.2) is 19.6 Å². The zero-order chi connectivity index (χ0) is 34.0. The molecule has 0 atom stereocenters. The van der Waals surface area contributed by atoms with Crippen molar-refractivity contribution in [2.45, 2.75) is 66.2 Å². The smallest absolute Gasteiger partial charge is 0.148 e. The van der Waals surface area contributed by atoms with E-state index in [1.165, 1.54) is 22.1 Å². The summed E-state index contributed by atoms with van der Waals surface area (Å²) in [4.78, 5) is 10.1. The van der Waals surface area contributed by atoms with E-state index < -0.39 is 0 Å². The Balaban J connectivity index is 0.00000417. The summed E-state index contributed by atoms with van der Waals surface area (Å²) in [6.07, 6.45) is 1.89. The first kappa shape index (κ1) is 34.3. The fourth-order valence-corrected chi connectivity index (χ4v) is 6.51. The van der Waals surface area contributed by atoms with Crippen molar-refractivity contribution in [1.29, 1.82) is 0 Å². The third kappa shape index (κ3) is 6.35. The van der Waals surface area contributed by atoms with Crippen molar-refractivity contribution in [3.8, 4) is 45.1 Å². The van der Waals surface area contributed by atoms with Crippen molar-refractivity contribution in [2.24, 2.45) is 0 Å². The second-order valence-electron chi connectivity index (χ2n) is 15.0. The van der Waals surface area contributed by atoms with E-state index in [0.717, 1.165) is 50.1 Å². The molecule has 5 heteroatoms. The quantitative estimate of drug-likeness (QED) is 0.180. The predicted octanol–water partition coefficient (Wildman–Crippen LogP) is 11.3. The number of para-hydroxylation sites is 1. The Morgan fingerprint density at radius 2 is 1.33 bits per heavy atom. The van der Waals surface area contributed by atoms with Crippen LogP contribution >= 0.6 is 0 Å². The molecular formula is C44H42N3OPt-. The summed E-state index contributed by atoms with van der Waals surface area (Å²) < 4.78 is 2.16. The van der Waals surface area contributed by atoms with Crippen LogP contribution in [0.4, 0.5) is 0 Å². The largest absolute Gasteiger partial charge is 0.507 e. The number of phenolic OH excluding ortho intramolecular Hbond substituents is 1. The number of imidazole rings is 1. The number of hydrogen-bond acceptors (Lipinski definition) is 3. The standard InChI is InChI=1S/C44H42N3O.Pt/c1-27-15-20-39(48)37(23-27)42-46-41-34(13-10-14-38(41)47(42)33-18-16-31(17-19-33)43(3,4)5)29-11-9-12-30(24-29)36-26-32(44(6,7)8)25-35-28(2)21-22-45-40(35)36;/h9-23,25-26,48H,1-8H3;/q-1;. The number of nitrogens with zero attached hydrogens (tertiary/aromatic N) is 3. The zero-order valence-electron chi connectivity index (χ0n) is 29.4. The van der Waals surface area contributed by atoms with Crippen molar-refractivity contribution in [3.63, 3.8) is 0 Å². The number of rotatable bonds is 4. The minimum atomic E-state index is -0.0237. The van der Waals surface area contributed by atoms with E-state index in [9.17, 15) is 5.11 Å². The van der Waals surface area contributed by atoms with Crippen LogP contribution in [0.5, 0.6) is 5.75 Å². The second-order valence-corrected chi connectivity index (χ2v) is 15.0. The maximum atomic E-state index is 11.1. The molecule has 0 unspecified atom stereocenters. The summed E-state index contributed by atoms with van der Waals surface area (Å²) >= 11 is 0. The monoisotopic (exact) mass is 823 g/mol. The van der Waals surface area contributed by atoms with Crippen LogP contribution < -0.4 is 0 Å². The molecule has 7 aromatic rings. The molecule has 0 spiro atoms. The molecule has 1 N–H and O–H groups in total. The summed E-state index contributed by atoms with van der Waals surface area (Å²) in [5.41, 5.74) is 13.3. The maximum absolute atomic E-state index is 11.1. The van der Waals surface area contributed by atoms with Gasteiger partial charge in [0, 0.05) is 38.5 Å². The summed E-state index contributed by atoms with van der Waals surface area (Å²) in [6, 6.07) is 37.4. The van der Waals surface area contributed by atoms with Crippen LogP contribution in [0.2, 0.25) is 0 Å². The van der Waals surface area contributed by atoms with Gasteiger partial charge in [-0.3, -0.25) is 9.55 Å². The summed E-state index contributed by atoms with van der Waals surface area (Å²) in [7, 11) is 0. The van der Waals surface area contributed by atoms with Crippen LogP contribution in [-0.2, 0) is 31.9 Å². The molecule has 2 heterocycles. The van der Waals surface area contributed by atoms with Gasteiger partial charge in [-0.25, -0.2) is 4.98 Å². The Bertz CT molecular complexity index is 2340. The first-order valence-electron chi connectivity index (χ1n) is 16.6. The molecule has 0 saturated heterocycles. The average Bonchev–Trinajstić information content (AvgIpc) is 3.44. The van der Waals surface area contributed by atoms with E-state index in [-0.39, 0.29) is 37.6 Å². The van der Waals surface area contributed by atoms with Crippen LogP contribution in [0, 0.1) is 19.9 Å². The molecule has 0 fully saturated rings. The van der Waals surface area contributed by atoms with E-state index >= 15 is 0 Å². The van der Waals surface area contributed by atoms with Crippen molar-refractivity contribution in [1.82, 2.24) is 14.5 Å². The van der Waals surface area contributed by atoms with Crippen LogP contribution in [0.1, 0.15) is 63.8 Å². The molecule has 49 heavy (non-hydrogen) atoms. The number of hydrogen-bond donors (Lipinski definition) is 1. The van der Waals surface area contributed by atoms with Gasteiger partial charge in [0.05, 0.1) is 16.6 Å². The van der Waals surface area contributed by atoms with Crippen LogP contribution in [0.3, 0.4) is 0 Å². The number of phenols is 1. The molecule has 0 bridgehead atoms. The first-order chi connectivity index (χ1) is 22.8. The molecule has 0 amide bonds. The van der Waals surface area contributed by atoms with E-state index in [0.29, 0.717) is 11.4 Å². The van der Waals surface area contributed by atoms with Crippen LogP contribution in [0.15, 0.2) is 103 Å². The van der Waals surface area contributed by atoms with Gasteiger partial charge in [0.1, 0.15) is 11.6 Å². The van der Waals surface area contributed by atoms with E-state index in [1.807, 2.05) is 25.3 Å². The Labute approximate surface area is 304 Å². The third-order valence-electron chi connectivity index (χ3n) is 9.37. The predicted molar refractivity (Wildman–Crippen MR) is 200 cm³/mol. The van der Waals surface area contributed by atoms with Crippen molar-refractivity contribution >= 4 is 21.9 Å². The van der Waals surface area contributed by atoms with Gasteiger partial charge in [-0.1, -0.05) is 101 Å². The minimum Gasteiger partial charge on any atom is -0.507 e. The molecule has 250 valence electrons.